The van der Waals surface area contributed by atoms with Crippen LogP contribution in [-0.2, 0) is 9.53 Å². The molecule has 19 heavy (non-hydrogen) atoms. The summed E-state index contributed by atoms with van der Waals surface area (Å²) in [7, 11) is 0. The molecular weight excluding hydrogens is 242 g/mol. The monoisotopic (exact) mass is 255 g/mol. The molecule has 0 spiro atoms. The number of benzene rings is 1. The summed E-state index contributed by atoms with van der Waals surface area (Å²) in [5, 5.41) is 20.8. The first kappa shape index (κ1) is 13.1. The van der Waals surface area contributed by atoms with E-state index in [9.17, 15) is 10.1 Å². The molecule has 0 unspecified atom stereocenters. The molecule has 0 saturated carbocycles. The molecule has 1 amide bonds. The van der Waals surface area contributed by atoms with Crippen LogP contribution in [0.2, 0.25) is 0 Å². The van der Waals surface area contributed by atoms with Crippen LogP contribution in [0.4, 0.5) is 5.69 Å². The number of amides is 1. The number of rotatable bonds is 2. The van der Waals surface area contributed by atoms with E-state index in [1.807, 2.05) is 6.07 Å². The van der Waals surface area contributed by atoms with Crippen LogP contribution in [0.25, 0.3) is 0 Å². The van der Waals surface area contributed by atoms with E-state index >= 15 is 0 Å². The molecule has 1 N–H and O–H groups in total. The maximum Gasteiger partial charge on any atom is 0.245 e. The Morgan fingerprint density at radius 3 is 2.68 bits per heavy atom. The molecule has 1 aliphatic heterocycles. The van der Waals surface area contributed by atoms with Crippen LogP contribution in [-0.4, -0.2) is 19.1 Å². The Hall–Kier alpha value is -2.37. The Morgan fingerprint density at radius 2 is 2.05 bits per heavy atom. The molecule has 0 radical (unpaired) electrons. The minimum Gasteiger partial charge on any atom is -0.381 e. The Kier molecular flexibility index (Phi) is 3.79. The molecule has 96 valence electrons. The van der Waals surface area contributed by atoms with Gasteiger partial charge in [-0.3, -0.25) is 4.79 Å². The lowest BCUT2D eigenvalue weighted by Gasteiger charge is -2.29. The van der Waals surface area contributed by atoms with E-state index < -0.39 is 5.41 Å². The highest BCUT2D eigenvalue weighted by Gasteiger charge is 2.40. The smallest absolute Gasteiger partial charge is 0.245 e. The minimum atomic E-state index is -1.03. The lowest BCUT2D eigenvalue weighted by molar-refractivity contribution is -0.126. The van der Waals surface area contributed by atoms with Gasteiger partial charge in [-0.1, -0.05) is 6.07 Å². The zero-order valence-corrected chi connectivity index (χ0v) is 10.3. The van der Waals surface area contributed by atoms with Crippen molar-refractivity contribution in [1.82, 2.24) is 0 Å². The van der Waals surface area contributed by atoms with Gasteiger partial charge in [-0.15, -0.1) is 0 Å². The summed E-state index contributed by atoms with van der Waals surface area (Å²) in [6.07, 6.45) is 0.792. The van der Waals surface area contributed by atoms with Crippen molar-refractivity contribution < 1.29 is 9.53 Å². The van der Waals surface area contributed by atoms with Crippen molar-refractivity contribution in [1.29, 1.82) is 10.5 Å². The Labute approximate surface area is 111 Å². The van der Waals surface area contributed by atoms with E-state index in [1.165, 1.54) is 0 Å². The van der Waals surface area contributed by atoms with Gasteiger partial charge in [0, 0.05) is 18.9 Å². The molecule has 1 aliphatic rings. The van der Waals surface area contributed by atoms with Gasteiger partial charge >= 0.3 is 0 Å². The normalized spacial score (nSPS) is 16.9. The molecule has 1 heterocycles. The predicted molar refractivity (Wildman–Crippen MR) is 67.9 cm³/mol. The summed E-state index contributed by atoms with van der Waals surface area (Å²) < 4.78 is 5.19. The van der Waals surface area contributed by atoms with Crippen molar-refractivity contribution in [2.75, 3.05) is 18.5 Å². The molecule has 1 fully saturated rings. The SMILES string of the molecule is N#Cc1cccc(NC(=O)C2(C#N)CCOCC2)c1. The summed E-state index contributed by atoms with van der Waals surface area (Å²) >= 11 is 0. The van der Waals surface area contributed by atoms with Crippen molar-refractivity contribution in [2.45, 2.75) is 12.8 Å². The van der Waals surface area contributed by atoms with E-state index in [0.29, 0.717) is 37.3 Å². The van der Waals surface area contributed by atoms with E-state index in [2.05, 4.69) is 11.4 Å². The number of ether oxygens (including phenoxy) is 1. The van der Waals surface area contributed by atoms with Crippen LogP contribution < -0.4 is 5.32 Å². The van der Waals surface area contributed by atoms with Crippen molar-refractivity contribution in [3.63, 3.8) is 0 Å². The summed E-state index contributed by atoms with van der Waals surface area (Å²) in [5.41, 5.74) is -0.0260. The highest BCUT2D eigenvalue weighted by molar-refractivity contribution is 5.97. The van der Waals surface area contributed by atoms with Gasteiger partial charge in [-0.05, 0) is 31.0 Å². The topological polar surface area (TPSA) is 85.9 Å². The van der Waals surface area contributed by atoms with E-state index in [0.717, 1.165) is 0 Å². The van der Waals surface area contributed by atoms with Gasteiger partial charge in [0.25, 0.3) is 0 Å². The average molecular weight is 255 g/mol. The summed E-state index contributed by atoms with van der Waals surface area (Å²) in [6.45, 7) is 0.832. The second-order valence-corrected chi connectivity index (χ2v) is 4.45. The lowest BCUT2D eigenvalue weighted by Crippen LogP contribution is -2.39. The van der Waals surface area contributed by atoms with Crippen LogP contribution in [0.5, 0.6) is 0 Å². The fourth-order valence-electron chi connectivity index (χ4n) is 2.03. The second kappa shape index (κ2) is 5.51. The van der Waals surface area contributed by atoms with Crippen molar-refractivity contribution in [2.24, 2.45) is 5.41 Å². The molecule has 0 aliphatic carbocycles. The number of nitrogens with zero attached hydrogens (tertiary/aromatic N) is 2. The molecule has 0 bridgehead atoms. The molecular formula is C14H13N3O2. The van der Waals surface area contributed by atoms with Gasteiger partial charge in [-0.2, -0.15) is 10.5 Å². The third-order valence-electron chi connectivity index (χ3n) is 3.24. The van der Waals surface area contributed by atoms with Gasteiger partial charge in [0.1, 0.15) is 5.41 Å². The van der Waals surface area contributed by atoms with E-state index in [1.54, 1.807) is 24.3 Å². The molecule has 1 aromatic carbocycles. The highest BCUT2D eigenvalue weighted by Crippen LogP contribution is 2.31. The summed E-state index contributed by atoms with van der Waals surface area (Å²) in [6, 6.07) is 10.7. The standard InChI is InChI=1S/C14H13N3O2/c15-9-11-2-1-3-12(8-11)17-13(18)14(10-16)4-6-19-7-5-14/h1-3,8H,4-7H2,(H,17,18). The third-order valence-corrected chi connectivity index (χ3v) is 3.24. The van der Waals surface area contributed by atoms with Gasteiger partial charge < -0.3 is 10.1 Å². The van der Waals surface area contributed by atoms with Crippen LogP contribution in [0, 0.1) is 28.1 Å². The number of hydrogen-bond acceptors (Lipinski definition) is 4. The van der Waals surface area contributed by atoms with Gasteiger partial charge in [0.05, 0.1) is 17.7 Å². The molecule has 0 aromatic heterocycles. The fraction of sp³-hybridized carbons (Fsp3) is 0.357. The van der Waals surface area contributed by atoms with Gasteiger partial charge in [0.15, 0.2) is 0 Å². The van der Waals surface area contributed by atoms with E-state index in [-0.39, 0.29) is 5.91 Å². The largest absolute Gasteiger partial charge is 0.381 e. The number of hydrogen-bond donors (Lipinski definition) is 1. The third kappa shape index (κ3) is 2.73. The Morgan fingerprint density at radius 1 is 1.32 bits per heavy atom. The predicted octanol–water partition coefficient (Wildman–Crippen LogP) is 1.82. The van der Waals surface area contributed by atoms with Crippen LogP contribution in [0.15, 0.2) is 24.3 Å². The zero-order chi connectivity index (χ0) is 13.7. The van der Waals surface area contributed by atoms with Gasteiger partial charge in [-0.25, -0.2) is 0 Å². The number of carbonyl (C=O) groups is 1. The van der Waals surface area contributed by atoms with Crippen LogP contribution in [0.3, 0.4) is 0 Å². The molecule has 1 aromatic rings. The van der Waals surface area contributed by atoms with Crippen LogP contribution in [0.1, 0.15) is 18.4 Å². The maximum atomic E-state index is 12.2. The molecule has 0 atom stereocenters. The van der Waals surface area contributed by atoms with Gasteiger partial charge in [0.2, 0.25) is 5.91 Å². The number of nitriles is 2. The number of anilines is 1. The minimum absolute atomic E-state index is 0.326. The average Bonchev–Trinajstić information content (AvgIpc) is 2.48. The number of nitrogens with one attached hydrogen (secondary N) is 1. The summed E-state index contributed by atoms with van der Waals surface area (Å²) in [4.78, 5) is 12.2. The van der Waals surface area contributed by atoms with Crippen LogP contribution >= 0.6 is 0 Å². The first-order chi connectivity index (χ1) is 9.20. The first-order valence-corrected chi connectivity index (χ1v) is 6.01. The van der Waals surface area contributed by atoms with Crippen molar-refractivity contribution in [3.8, 4) is 12.1 Å². The number of carbonyl (C=O) groups excluding carboxylic acids is 1. The summed E-state index contributed by atoms with van der Waals surface area (Å²) in [5.74, 6) is -0.326. The second-order valence-electron chi connectivity index (χ2n) is 4.45. The molecule has 5 nitrogen and oxygen atoms in total. The molecule has 1 saturated heterocycles. The fourth-order valence-corrected chi connectivity index (χ4v) is 2.03. The lowest BCUT2D eigenvalue weighted by atomic mass is 9.81. The van der Waals surface area contributed by atoms with E-state index in [4.69, 9.17) is 10.00 Å². The maximum absolute atomic E-state index is 12.2. The molecule has 2 rings (SSSR count). The Bertz CT molecular complexity index is 563. The highest BCUT2D eigenvalue weighted by atomic mass is 16.5. The zero-order valence-electron chi connectivity index (χ0n) is 10.3. The molecule has 5 heteroatoms. The first-order valence-electron chi connectivity index (χ1n) is 6.01. The Balaban J connectivity index is 2.16. The quantitative estimate of drug-likeness (QED) is 0.873. The van der Waals surface area contributed by atoms with Crippen molar-refractivity contribution >= 4 is 11.6 Å². The van der Waals surface area contributed by atoms with Crippen molar-refractivity contribution in [3.05, 3.63) is 29.8 Å².